The molecule has 1 heterocycles. The second kappa shape index (κ2) is 3.80. The smallest absolute Gasteiger partial charge is 0.302 e. The summed E-state index contributed by atoms with van der Waals surface area (Å²) in [6, 6.07) is 9.93. The molecule has 14 heavy (non-hydrogen) atoms. The molecule has 3 heteroatoms. The van der Waals surface area contributed by atoms with Crippen LogP contribution < -0.4 is 0 Å². The Morgan fingerprint density at radius 2 is 2.14 bits per heavy atom. The van der Waals surface area contributed by atoms with Crippen molar-refractivity contribution in [2.75, 3.05) is 6.61 Å². The first-order chi connectivity index (χ1) is 6.77. The summed E-state index contributed by atoms with van der Waals surface area (Å²) >= 11 is 0. The van der Waals surface area contributed by atoms with Crippen molar-refractivity contribution in [3.05, 3.63) is 35.9 Å². The molecule has 1 aromatic rings. The molecule has 0 spiro atoms. The van der Waals surface area contributed by atoms with Crippen LogP contribution in [0.2, 0.25) is 0 Å². The molecule has 1 aliphatic heterocycles. The molecular formula is C11H12O3. The van der Waals surface area contributed by atoms with E-state index < -0.39 is 0 Å². The van der Waals surface area contributed by atoms with Crippen LogP contribution in [0.25, 0.3) is 0 Å². The van der Waals surface area contributed by atoms with E-state index in [4.69, 9.17) is 9.47 Å². The summed E-state index contributed by atoms with van der Waals surface area (Å²) < 4.78 is 10.2. The van der Waals surface area contributed by atoms with Crippen LogP contribution in [-0.4, -0.2) is 18.7 Å². The van der Waals surface area contributed by atoms with Gasteiger partial charge in [-0.05, 0) is 5.56 Å². The second-order valence-corrected chi connectivity index (χ2v) is 3.31. The normalized spacial score (nSPS) is 24.4. The van der Waals surface area contributed by atoms with E-state index in [2.05, 4.69) is 0 Å². The van der Waals surface area contributed by atoms with E-state index in [0.29, 0.717) is 6.61 Å². The molecule has 0 N–H and O–H groups in total. The van der Waals surface area contributed by atoms with Crippen molar-refractivity contribution >= 4 is 5.97 Å². The Hall–Kier alpha value is -1.35. The Kier molecular flexibility index (Phi) is 2.50. The van der Waals surface area contributed by atoms with Crippen molar-refractivity contribution in [1.29, 1.82) is 0 Å². The number of benzene rings is 1. The Labute approximate surface area is 82.6 Å². The molecule has 0 aromatic heterocycles. The predicted octanol–water partition coefficient (Wildman–Crippen LogP) is 1.69. The first-order valence-electron chi connectivity index (χ1n) is 4.61. The summed E-state index contributed by atoms with van der Waals surface area (Å²) in [5, 5.41) is 0. The van der Waals surface area contributed by atoms with Gasteiger partial charge in [-0.3, -0.25) is 4.79 Å². The lowest BCUT2D eigenvalue weighted by Gasteiger charge is -1.97. The maximum Gasteiger partial charge on any atom is 0.302 e. The van der Waals surface area contributed by atoms with Crippen LogP contribution in [0.5, 0.6) is 0 Å². The Morgan fingerprint density at radius 3 is 2.79 bits per heavy atom. The topological polar surface area (TPSA) is 38.8 Å². The third-order valence-electron chi connectivity index (χ3n) is 2.16. The predicted molar refractivity (Wildman–Crippen MR) is 50.7 cm³/mol. The van der Waals surface area contributed by atoms with Gasteiger partial charge < -0.3 is 9.47 Å². The zero-order chi connectivity index (χ0) is 9.97. The number of epoxide rings is 1. The maximum atomic E-state index is 10.5. The molecular weight excluding hydrogens is 180 g/mol. The minimum absolute atomic E-state index is 0.0429. The fourth-order valence-corrected chi connectivity index (χ4v) is 1.41. The summed E-state index contributed by atoms with van der Waals surface area (Å²) in [6.07, 6.45) is 0.150. The molecule has 0 radical (unpaired) electrons. The minimum Gasteiger partial charge on any atom is -0.463 e. The van der Waals surface area contributed by atoms with Gasteiger partial charge in [-0.2, -0.15) is 0 Å². The lowest BCUT2D eigenvalue weighted by atomic mass is 10.1. The molecule has 1 saturated heterocycles. The van der Waals surface area contributed by atoms with Crippen LogP contribution in [0.1, 0.15) is 18.6 Å². The van der Waals surface area contributed by atoms with Crippen LogP contribution in [0.15, 0.2) is 30.3 Å². The quantitative estimate of drug-likeness (QED) is 0.540. The standard InChI is InChI=1S/C11H12O3/c1-8(12)13-7-10-11(14-10)9-5-3-2-4-6-9/h2-6,10-11H,7H2,1H3/t10-,11-/m1/s1. The number of hydrogen-bond acceptors (Lipinski definition) is 3. The van der Waals surface area contributed by atoms with Crippen molar-refractivity contribution < 1.29 is 14.3 Å². The van der Waals surface area contributed by atoms with Crippen molar-refractivity contribution in [2.24, 2.45) is 0 Å². The Balaban J connectivity index is 1.85. The zero-order valence-electron chi connectivity index (χ0n) is 7.97. The van der Waals surface area contributed by atoms with Gasteiger partial charge in [0.1, 0.15) is 18.8 Å². The molecule has 1 aromatic carbocycles. The summed E-state index contributed by atoms with van der Waals surface area (Å²) in [5.74, 6) is -0.257. The van der Waals surface area contributed by atoms with E-state index in [1.807, 2.05) is 30.3 Å². The number of esters is 1. The maximum absolute atomic E-state index is 10.5. The van der Waals surface area contributed by atoms with Gasteiger partial charge in [0.05, 0.1) is 0 Å². The molecule has 1 aliphatic rings. The van der Waals surface area contributed by atoms with Crippen LogP contribution in [0.4, 0.5) is 0 Å². The highest BCUT2D eigenvalue weighted by molar-refractivity contribution is 5.65. The average Bonchev–Trinajstić information content (AvgIpc) is 2.95. The van der Waals surface area contributed by atoms with E-state index in [0.717, 1.165) is 5.56 Å². The fourth-order valence-electron chi connectivity index (χ4n) is 1.41. The average molecular weight is 192 g/mol. The first kappa shape index (κ1) is 9.21. The van der Waals surface area contributed by atoms with Gasteiger partial charge in [0.2, 0.25) is 0 Å². The van der Waals surface area contributed by atoms with E-state index in [1.165, 1.54) is 6.92 Å². The van der Waals surface area contributed by atoms with Gasteiger partial charge >= 0.3 is 5.97 Å². The Bertz CT molecular complexity index is 321. The molecule has 1 fully saturated rings. The van der Waals surface area contributed by atoms with Gasteiger partial charge in [0, 0.05) is 6.92 Å². The summed E-state index contributed by atoms with van der Waals surface area (Å²) in [7, 11) is 0. The molecule has 2 atom stereocenters. The van der Waals surface area contributed by atoms with Crippen LogP contribution in [0.3, 0.4) is 0 Å². The highest BCUT2D eigenvalue weighted by atomic mass is 16.6. The third kappa shape index (κ3) is 2.12. The summed E-state index contributed by atoms with van der Waals surface area (Å²) in [4.78, 5) is 10.5. The fraction of sp³-hybridized carbons (Fsp3) is 0.364. The van der Waals surface area contributed by atoms with Gasteiger partial charge in [-0.1, -0.05) is 30.3 Å². The molecule has 3 nitrogen and oxygen atoms in total. The van der Waals surface area contributed by atoms with Crippen molar-refractivity contribution in [3.8, 4) is 0 Å². The first-order valence-corrected chi connectivity index (χ1v) is 4.61. The molecule has 0 aliphatic carbocycles. The molecule has 74 valence electrons. The van der Waals surface area contributed by atoms with Gasteiger partial charge in [-0.15, -0.1) is 0 Å². The summed E-state index contributed by atoms with van der Waals surface area (Å²) in [5.41, 5.74) is 1.14. The van der Waals surface area contributed by atoms with Crippen LogP contribution in [0, 0.1) is 0 Å². The van der Waals surface area contributed by atoms with Gasteiger partial charge in [0.15, 0.2) is 0 Å². The highest BCUT2D eigenvalue weighted by Gasteiger charge is 2.40. The van der Waals surface area contributed by atoms with Crippen LogP contribution >= 0.6 is 0 Å². The van der Waals surface area contributed by atoms with E-state index in [-0.39, 0.29) is 18.2 Å². The number of carbonyl (C=O) groups excluding carboxylic acids is 1. The number of carbonyl (C=O) groups is 1. The number of rotatable bonds is 3. The van der Waals surface area contributed by atoms with E-state index >= 15 is 0 Å². The highest BCUT2D eigenvalue weighted by Crippen LogP contribution is 2.38. The monoisotopic (exact) mass is 192 g/mol. The molecule has 0 unspecified atom stereocenters. The minimum atomic E-state index is -0.257. The van der Waals surface area contributed by atoms with Crippen LogP contribution in [-0.2, 0) is 14.3 Å². The third-order valence-corrected chi connectivity index (χ3v) is 2.16. The van der Waals surface area contributed by atoms with Gasteiger partial charge in [-0.25, -0.2) is 0 Å². The number of ether oxygens (including phenoxy) is 2. The zero-order valence-corrected chi connectivity index (χ0v) is 7.97. The lowest BCUT2D eigenvalue weighted by Crippen LogP contribution is -2.06. The molecule has 0 bridgehead atoms. The lowest BCUT2D eigenvalue weighted by molar-refractivity contribution is -0.141. The SMILES string of the molecule is CC(=O)OC[C@H]1O[C@@H]1c1ccccc1. The number of hydrogen-bond donors (Lipinski definition) is 0. The van der Waals surface area contributed by atoms with Crippen molar-refractivity contribution in [1.82, 2.24) is 0 Å². The van der Waals surface area contributed by atoms with Crippen molar-refractivity contribution in [2.45, 2.75) is 19.1 Å². The van der Waals surface area contributed by atoms with E-state index in [9.17, 15) is 4.79 Å². The Morgan fingerprint density at radius 1 is 1.43 bits per heavy atom. The van der Waals surface area contributed by atoms with Crippen molar-refractivity contribution in [3.63, 3.8) is 0 Å². The summed E-state index contributed by atoms with van der Waals surface area (Å²) in [6.45, 7) is 1.76. The molecule has 0 amide bonds. The second-order valence-electron chi connectivity index (χ2n) is 3.31. The van der Waals surface area contributed by atoms with E-state index in [1.54, 1.807) is 0 Å². The largest absolute Gasteiger partial charge is 0.463 e. The molecule has 0 saturated carbocycles. The van der Waals surface area contributed by atoms with Gasteiger partial charge in [0.25, 0.3) is 0 Å². The molecule has 2 rings (SSSR count).